The molecule has 180 valence electrons. The van der Waals surface area contributed by atoms with Gasteiger partial charge >= 0.3 is 0 Å². The monoisotopic (exact) mass is 477 g/mol. The molecule has 0 fully saturated rings. The molecule has 7 heteroatoms. The van der Waals surface area contributed by atoms with E-state index in [2.05, 4.69) is 54.7 Å². The second-order valence-electron chi connectivity index (χ2n) is 8.18. The van der Waals surface area contributed by atoms with Gasteiger partial charge in [0, 0.05) is 37.6 Å². The van der Waals surface area contributed by atoms with Gasteiger partial charge in [-0.25, -0.2) is 15.0 Å². The van der Waals surface area contributed by atoms with Gasteiger partial charge in [-0.2, -0.15) is 0 Å². The summed E-state index contributed by atoms with van der Waals surface area (Å²) in [5.41, 5.74) is 3.93. The van der Waals surface area contributed by atoms with Crippen LogP contribution in [0, 0.1) is 0 Å². The van der Waals surface area contributed by atoms with E-state index >= 15 is 0 Å². The molecule has 3 heterocycles. The number of aromatic nitrogens is 3. The van der Waals surface area contributed by atoms with E-state index in [4.69, 9.17) is 14.7 Å². The highest BCUT2D eigenvalue weighted by Gasteiger charge is 2.11. The van der Waals surface area contributed by atoms with Crippen molar-refractivity contribution in [2.75, 3.05) is 29.9 Å². The van der Waals surface area contributed by atoms with Gasteiger partial charge in [0.05, 0.1) is 11.8 Å². The molecule has 0 saturated carbocycles. The minimum Gasteiger partial charge on any atom is -0.379 e. The summed E-state index contributed by atoms with van der Waals surface area (Å²) in [5.74, 6) is 0.775. The molecule has 6 nitrogen and oxygen atoms in total. The summed E-state index contributed by atoms with van der Waals surface area (Å²) >= 11 is 1.52. The Balaban J connectivity index is 1.76. The van der Waals surface area contributed by atoms with Crippen molar-refractivity contribution in [2.45, 2.75) is 46.6 Å². The molecule has 0 saturated heterocycles. The highest BCUT2D eigenvalue weighted by Crippen LogP contribution is 2.29. The third-order valence-electron chi connectivity index (χ3n) is 5.06. The fraction of sp³-hybridized carbons (Fsp3) is 0.370. The molecule has 3 aromatic rings. The van der Waals surface area contributed by atoms with Crippen LogP contribution >= 0.6 is 11.3 Å². The van der Waals surface area contributed by atoms with E-state index < -0.39 is 0 Å². The van der Waals surface area contributed by atoms with Crippen molar-refractivity contribution in [3.8, 4) is 0 Å². The molecule has 3 rings (SSSR count). The van der Waals surface area contributed by atoms with Crippen molar-refractivity contribution in [3.05, 3.63) is 67.0 Å². The summed E-state index contributed by atoms with van der Waals surface area (Å²) in [4.78, 5) is 17.3. The summed E-state index contributed by atoms with van der Waals surface area (Å²) < 4.78 is 5.71. The Morgan fingerprint density at radius 3 is 2.82 bits per heavy atom. The van der Waals surface area contributed by atoms with Gasteiger partial charge in [-0.15, -0.1) is 0 Å². The summed E-state index contributed by atoms with van der Waals surface area (Å²) in [5, 5.41) is 4.15. The lowest BCUT2D eigenvalue weighted by Gasteiger charge is -2.25. The van der Waals surface area contributed by atoms with Crippen LogP contribution in [0.15, 0.2) is 61.3 Å². The first-order valence-corrected chi connectivity index (χ1v) is 12.7. The number of hydrogen-bond donors (Lipinski definition) is 1. The Morgan fingerprint density at radius 1 is 1.24 bits per heavy atom. The molecule has 0 aromatic carbocycles. The van der Waals surface area contributed by atoms with Crippen LogP contribution in [-0.4, -0.2) is 40.8 Å². The largest absolute Gasteiger partial charge is 0.379 e. The van der Waals surface area contributed by atoms with Gasteiger partial charge < -0.3 is 15.0 Å². The Morgan fingerprint density at radius 2 is 2.09 bits per heavy atom. The molecular weight excluding hydrogens is 442 g/mol. The van der Waals surface area contributed by atoms with Gasteiger partial charge in [-0.1, -0.05) is 49.1 Å². The summed E-state index contributed by atoms with van der Waals surface area (Å²) in [6.07, 6.45) is 11.9. The molecule has 0 aliphatic carbocycles. The normalized spacial score (nSPS) is 12.1. The number of fused-ring (bicyclic) bond motifs is 1. The van der Waals surface area contributed by atoms with Gasteiger partial charge in [-0.05, 0) is 57.4 Å². The van der Waals surface area contributed by atoms with Crippen LogP contribution in [0.4, 0.5) is 16.6 Å². The predicted molar refractivity (Wildman–Crippen MR) is 146 cm³/mol. The van der Waals surface area contributed by atoms with Crippen molar-refractivity contribution in [2.24, 2.45) is 0 Å². The lowest BCUT2D eigenvalue weighted by molar-refractivity contribution is 0.0779. The van der Waals surface area contributed by atoms with Crippen molar-refractivity contribution in [1.82, 2.24) is 15.0 Å². The predicted octanol–water partition coefficient (Wildman–Crippen LogP) is 7.01. The molecule has 3 aromatic heterocycles. The van der Waals surface area contributed by atoms with E-state index in [-0.39, 0.29) is 6.10 Å². The minimum absolute atomic E-state index is 0.267. The van der Waals surface area contributed by atoms with Gasteiger partial charge in [-0.3, -0.25) is 0 Å². The Kier molecular flexibility index (Phi) is 9.79. The maximum atomic E-state index is 5.71. The molecule has 0 atom stereocenters. The van der Waals surface area contributed by atoms with Gasteiger partial charge in [0.25, 0.3) is 0 Å². The second kappa shape index (κ2) is 13.0. The van der Waals surface area contributed by atoms with Crippen molar-refractivity contribution >= 4 is 43.9 Å². The highest BCUT2D eigenvalue weighted by atomic mass is 32.1. The smallest absolute Gasteiger partial charge is 0.190 e. The molecule has 0 aliphatic rings. The van der Waals surface area contributed by atoms with Crippen LogP contribution in [0.5, 0.6) is 0 Å². The Labute approximate surface area is 207 Å². The van der Waals surface area contributed by atoms with E-state index in [1.165, 1.54) is 11.3 Å². The van der Waals surface area contributed by atoms with Crippen molar-refractivity contribution < 1.29 is 4.74 Å². The zero-order valence-electron chi connectivity index (χ0n) is 20.6. The molecule has 0 amide bonds. The Hall–Kier alpha value is -3.03. The molecule has 0 bridgehead atoms. The van der Waals surface area contributed by atoms with Crippen LogP contribution in [-0.2, 0) is 4.74 Å². The second-order valence-corrected chi connectivity index (χ2v) is 9.16. The zero-order valence-corrected chi connectivity index (χ0v) is 21.4. The third kappa shape index (κ3) is 7.23. The average molecular weight is 478 g/mol. The van der Waals surface area contributed by atoms with E-state index in [0.717, 1.165) is 70.8 Å². The van der Waals surface area contributed by atoms with Gasteiger partial charge in [0.15, 0.2) is 5.13 Å². The van der Waals surface area contributed by atoms with Crippen LogP contribution < -0.4 is 10.2 Å². The lowest BCUT2D eigenvalue weighted by Crippen LogP contribution is -2.26. The van der Waals surface area contributed by atoms with E-state index in [0.29, 0.717) is 0 Å². The number of nitrogens with zero attached hydrogens (tertiary/aromatic N) is 4. The average Bonchev–Trinajstić information content (AvgIpc) is 3.22. The number of thiazole rings is 1. The standard InChI is InChI=1S/C27H35N5OS/c1-6-10-21(11-7-2)23-12-13-24-26(29-23)34-27(30-24)31-25-19-22(14-15-28-25)32(16-8-3)17-9-18-33-20(4)5/h6-7,10-15,19-20H,1,8-9,16-18H2,2-5H3,(H,28,30,31)/b11-7-,21-10+. The van der Waals surface area contributed by atoms with Crippen molar-refractivity contribution in [1.29, 1.82) is 0 Å². The van der Waals surface area contributed by atoms with E-state index in [9.17, 15) is 0 Å². The van der Waals surface area contributed by atoms with Crippen molar-refractivity contribution in [3.63, 3.8) is 0 Å². The maximum Gasteiger partial charge on any atom is 0.190 e. The highest BCUT2D eigenvalue weighted by molar-refractivity contribution is 7.21. The number of allylic oxidation sites excluding steroid dienone is 5. The molecule has 1 N–H and O–H groups in total. The number of anilines is 3. The minimum atomic E-state index is 0.267. The van der Waals surface area contributed by atoms with E-state index in [1.807, 2.05) is 43.5 Å². The number of pyridine rings is 2. The number of ether oxygens (including phenoxy) is 1. The van der Waals surface area contributed by atoms with Crippen LogP contribution in [0.3, 0.4) is 0 Å². The van der Waals surface area contributed by atoms with Crippen LogP contribution in [0.1, 0.15) is 46.2 Å². The SMILES string of the molecule is C=C/C=C(\C=C/C)c1ccc2nc(Nc3cc(N(CCC)CCCOC(C)C)ccn3)sc2n1. The maximum absolute atomic E-state index is 5.71. The third-order valence-corrected chi connectivity index (χ3v) is 5.94. The first-order chi connectivity index (χ1) is 16.5. The molecular formula is C27H35N5OS. The molecule has 0 aliphatic heterocycles. The fourth-order valence-corrected chi connectivity index (χ4v) is 4.42. The van der Waals surface area contributed by atoms with Crippen LogP contribution in [0.2, 0.25) is 0 Å². The number of hydrogen-bond acceptors (Lipinski definition) is 7. The van der Waals surface area contributed by atoms with Crippen LogP contribution in [0.25, 0.3) is 15.9 Å². The number of nitrogens with one attached hydrogen (secondary N) is 1. The van der Waals surface area contributed by atoms with E-state index in [1.54, 1.807) is 6.08 Å². The van der Waals surface area contributed by atoms with Gasteiger partial charge in [0.2, 0.25) is 0 Å². The quantitative estimate of drug-likeness (QED) is 0.211. The number of rotatable bonds is 13. The van der Waals surface area contributed by atoms with Gasteiger partial charge in [0.1, 0.15) is 16.2 Å². The first kappa shape index (κ1) is 25.6. The molecule has 0 radical (unpaired) electrons. The zero-order chi connectivity index (χ0) is 24.3. The molecule has 0 unspecified atom stereocenters. The lowest BCUT2D eigenvalue weighted by atomic mass is 10.1. The summed E-state index contributed by atoms with van der Waals surface area (Å²) in [6.45, 7) is 14.9. The fourth-order valence-electron chi connectivity index (χ4n) is 3.57. The molecule has 34 heavy (non-hydrogen) atoms. The topological polar surface area (TPSA) is 63.2 Å². The summed E-state index contributed by atoms with van der Waals surface area (Å²) in [6, 6.07) is 8.14. The first-order valence-electron chi connectivity index (χ1n) is 11.9. The molecule has 0 spiro atoms. The Bertz CT molecular complexity index is 1140. The summed E-state index contributed by atoms with van der Waals surface area (Å²) in [7, 11) is 0.